The van der Waals surface area contributed by atoms with Gasteiger partial charge in [0.25, 0.3) is 10.2 Å². The van der Waals surface area contributed by atoms with E-state index >= 15 is 0 Å². The molecule has 0 bridgehead atoms. The van der Waals surface area contributed by atoms with Crippen LogP contribution in [0.2, 0.25) is 0 Å². The molecule has 2 saturated heterocycles. The van der Waals surface area contributed by atoms with E-state index in [1.54, 1.807) is 4.90 Å². The summed E-state index contributed by atoms with van der Waals surface area (Å²) in [4.78, 5) is 13.6. The molecule has 0 aromatic heterocycles. The molecule has 1 atom stereocenters. The van der Waals surface area contributed by atoms with Crippen molar-refractivity contribution in [2.45, 2.75) is 38.6 Å². The van der Waals surface area contributed by atoms with Gasteiger partial charge in [-0.1, -0.05) is 0 Å². The molecule has 0 aromatic carbocycles. The summed E-state index contributed by atoms with van der Waals surface area (Å²) in [6.45, 7) is 4.91. The molecule has 0 aliphatic carbocycles. The molecule has 0 saturated carbocycles. The summed E-state index contributed by atoms with van der Waals surface area (Å²) < 4.78 is 27.1. The fourth-order valence-electron chi connectivity index (χ4n) is 3.88. The van der Waals surface area contributed by atoms with Crippen LogP contribution < -0.4 is 0 Å². The normalized spacial score (nSPS) is 29.5. The van der Waals surface area contributed by atoms with Gasteiger partial charge in [-0.25, -0.2) is 0 Å². The second-order valence-electron chi connectivity index (χ2n) is 7.13. The summed E-state index contributed by atoms with van der Waals surface area (Å²) in [7, 11) is -0.299. The minimum Gasteiger partial charge on any atom is -0.394 e. The largest absolute Gasteiger partial charge is 0.394 e. The number of aliphatic hydroxyl groups is 1. The molecule has 1 amide bonds. The van der Waals surface area contributed by atoms with Gasteiger partial charge < -0.3 is 10.0 Å². The molecule has 1 spiro atoms. The van der Waals surface area contributed by atoms with Gasteiger partial charge in [-0.2, -0.15) is 17.0 Å². The van der Waals surface area contributed by atoms with Crippen LogP contribution in [-0.4, -0.2) is 78.8 Å². The number of carbonyl (C=O) groups excluding carboxylic acids is 1. The topological polar surface area (TPSA) is 81.2 Å². The molecule has 2 aliphatic heterocycles. The van der Waals surface area contributed by atoms with Crippen molar-refractivity contribution in [3.05, 3.63) is 0 Å². The summed E-state index contributed by atoms with van der Waals surface area (Å²) in [5.41, 5.74) is -0.615. The van der Waals surface area contributed by atoms with Crippen LogP contribution in [0.25, 0.3) is 0 Å². The maximum Gasteiger partial charge on any atom is 0.281 e. The van der Waals surface area contributed by atoms with E-state index in [1.807, 2.05) is 6.92 Å². The number of carbonyl (C=O) groups is 1. The molecule has 0 radical (unpaired) electrons. The predicted molar refractivity (Wildman–Crippen MR) is 83.3 cm³/mol. The molecule has 0 aromatic rings. The molecule has 1 N–H and O–H groups in total. The number of hydrogen-bond donors (Lipinski definition) is 1. The summed E-state index contributed by atoms with van der Waals surface area (Å²) in [5.74, 6) is -0.0308. The first-order valence-corrected chi connectivity index (χ1v) is 9.03. The Balaban J connectivity index is 2.13. The van der Waals surface area contributed by atoms with Gasteiger partial charge >= 0.3 is 0 Å². The maximum atomic E-state index is 12.2. The quantitative estimate of drug-likeness (QED) is 0.781. The lowest BCUT2D eigenvalue weighted by atomic mass is 9.75. The average Bonchev–Trinajstić information content (AvgIpc) is 2.73. The van der Waals surface area contributed by atoms with Crippen LogP contribution in [0.5, 0.6) is 0 Å². The number of aliphatic hydroxyl groups excluding tert-OH is 1. The molecule has 7 nitrogen and oxygen atoms in total. The summed E-state index contributed by atoms with van der Waals surface area (Å²) in [6, 6.07) is 0. The third-order valence-electron chi connectivity index (χ3n) is 5.19. The van der Waals surface area contributed by atoms with Gasteiger partial charge in [-0.15, -0.1) is 0 Å². The zero-order valence-electron chi connectivity index (χ0n) is 13.9. The van der Waals surface area contributed by atoms with Gasteiger partial charge in [0, 0.05) is 40.7 Å². The number of amides is 1. The van der Waals surface area contributed by atoms with E-state index in [2.05, 4.69) is 0 Å². The Bertz CT molecular complexity index is 540. The van der Waals surface area contributed by atoms with Crippen LogP contribution >= 0.6 is 0 Å². The highest BCUT2D eigenvalue weighted by molar-refractivity contribution is 7.86. The number of rotatable bonds is 3. The van der Waals surface area contributed by atoms with Gasteiger partial charge in [-0.05, 0) is 31.6 Å². The SMILES string of the molecule is CC(=O)N1CC2(CCN(S(=O)(=O)N(C)C)CC2)C[C@@]1(C)CO. The molecule has 2 aliphatic rings. The monoisotopic (exact) mass is 333 g/mol. The second kappa shape index (κ2) is 5.74. The Hall–Kier alpha value is -0.700. The standard InChI is InChI=1S/C14H27N3O4S/c1-12(19)17-10-14(9-13(17,2)11-18)5-7-16(8-6-14)22(20,21)15(3)4/h18H,5-11H2,1-4H3/t13-/m0/s1. The summed E-state index contributed by atoms with van der Waals surface area (Å²) >= 11 is 0. The van der Waals surface area contributed by atoms with Crippen LogP contribution in [0, 0.1) is 5.41 Å². The van der Waals surface area contributed by atoms with Crippen molar-refractivity contribution in [3.8, 4) is 0 Å². The van der Waals surface area contributed by atoms with Crippen molar-refractivity contribution in [1.82, 2.24) is 13.5 Å². The Morgan fingerprint density at radius 2 is 1.82 bits per heavy atom. The van der Waals surface area contributed by atoms with Crippen LogP contribution in [0.15, 0.2) is 0 Å². The highest BCUT2D eigenvalue weighted by atomic mass is 32.2. The summed E-state index contributed by atoms with van der Waals surface area (Å²) in [5, 5.41) is 9.71. The molecule has 2 heterocycles. The van der Waals surface area contributed by atoms with Crippen LogP contribution in [0.3, 0.4) is 0 Å². The highest BCUT2D eigenvalue weighted by Gasteiger charge is 2.53. The predicted octanol–water partition coefficient (Wildman–Crippen LogP) is -0.122. The van der Waals surface area contributed by atoms with Gasteiger partial charge in [0.15, 0.2) is 0 Å². The Labute approximate surface area is 133 Å². The molecule has 8 heteroatoms. The Kier molecular flexibility index (Phi) is 4.60. The van der Waals surface area contributed by atoms with E-state index in [1.165, 1.54) is 29.6 Å². The van der Waals surface area contributed by atoms with E-state index in [4.69, 9.17) is 0 Å². The van der Waals surface area contributed by atoms with Crippen molar-refractivity contribution in [2.75, 3.05) is 40.3 Å². The maximum absolute atomic E-state index is 12.2. The lowest BCUT2D eigenvalue weighted by Gasteiger charge is -2.39. The minimum absolute atomic E-state index is 0.0308. The van der Waals surface area contributed by atoms with E-state index in [-0.39, 0.29) is 17.9 Å². The molecular formula is C14H27N3O4S. The third-order valence-corrected chi connectivity index (χ3v) is 7.13. The van der Waals surface area contributed by atoms with E-state index in [0.29, 0.717) is 19.6 Å². The van der Waals surface area contributed by atoms with Crippen LogP contribution in [0.1, 0.15) is 33.1 Å². The lowest BCUT2D eigenvalue weighted by Crippen LogP contribution is -2.48. The fraction of sp³-hybridized carbons (Fsp3) is 0.929. The number of piperidine rings is 1. The van der Waals surface area contributed by atoms with Gasteiger partial charge in [-0.3, -0.25) is 4.79 Å². The molecule has 2 fully saturated rings. The van der Waals surface area contributed by atoms with Crippen LogP contribution in [0.4, 0.5) is 0 Å². The average molecular weight is 333 g/mol. The van der Waals surface area contributed by atoms with Crippen molar-refractivity contribution in [3.63, 3.8) is 0 Å². The fourth-order valence-corrected chi connectivity index (χ4v) is 4.98. The second-order valence-corrected chi connectivity index (χ2v) is 9.27. The molecule has 2 rings (SSSR count). The van der Waals surface area contributed by atoms with Crippen molar-refractivity contribution in [1.29, 1.82) is 0 Å². The first-order valence-electron chi connectivity index (χ1n) is 7.63. The van der Waals surface area contributed by atoms with Crippen molar-refractivity contribution in [2.24, 2.45) is 5.41 Å². The van der Waals surface area contributed by atoms with E-state index in [0.717, 1.165) is 19.3 Å². The molecule has 128 valence electrons. The number of nitrogens with zero attached hydrogens (tertiary/aromatic N) is 3. The zero-order valence-corrected chi connectivity index (χ0v) is 14.7. The molecule has 0 unspecified atom stereocenters. The lowest BCUT2D eigenvalue weighted by molar-refractivity contribution is -0.134. The van der Waals surface area contributed by atoms with Gasteiger partial charge in [0.2, 0.25) is 5.91 Å². The smallest absolute Gasteiger partial charge is 0.281 e. The highest BCUT2D eigenvalue weighted by Crippen LogP contribution is 2.48. The summed E-state index contributed by atoms with van der Waals surface area (Å²) in [6.07, 6.45) is 2.17. The Morgan fingerprint density at radius 1 is 1.27 bits per heavy atom. The van der Waals surface area contributed by atoms with Crippen molar-refractivity contribution < 1.29 is 18.3 Å². The third kappa shape index (κ3) is 2.89. The van der Waals surface area contributed by atoms with Gasteiger partial charge in [0.05, 0.1) is 12.1 Å². The first-order chi connectivity index (χ1) is 10.1. The Morgan fingerprint density at radius 3 is 2.18 bits per heavy atom. The van der Waals surface area contributed by atoms with E-state index in [9.17, 15) is 18.3 Å². The number of likely N-dealkylation sites (tertiary alicyclic amines) is 1. The molecule has 22 heavy (non-hydrogen) atoms. The van der Waals surface area contributed by atoms with Gasteiger partial charge in [0.1, 0.15) is 0 Å². The number of hydrogen-bond acceptors (Lipinski definition) is 4. The minimum atomic E-state index is -3.37. The van der Waals surface area contributed by atoms with E-state index < -0.39 is 15.7 Å². The van der Waals surface area contributed by atoms with Crippen LogP contribution in [-0.2, 0) is 15.0 Å². The van der Waals surface area contributed by atoms with Crippen molar-refractivity contribution >= 4 is 16.1 Å². The molecular weight excluding hydrogens is 306 g/mol. The first kappa shape index (κ1) is 17.7. The zero-order chi connectivity index (χ0) is 16.8.